The topological polar surface area (TPSA) is 47.3 Å². The number of hydrogen-bond donors (Lipinski definition) is 2. The van der Waals surface area contributed by atoms with Gasteiger partial charge in [0.25, 0.3) is 0 Å². The second kappa shape index (κ2) is 7.25. The maximum atomic E-state index is 5.75. The van der Waals surface area contributed by atoms with Crippen LogP contribution in [0.3, 0.4) is 0 Å². The fraction of sp³-hybridized carbons (Fsp3) is 0.333. The van der Waals surface area contributed by atoms with Gasteiger partial charge in [-0.3, -0.25) is 11.3 Å². The summed E-state index contributed by atoms with van der Waals surface area (Å²) in [6.07, 6.45) is 1.74. The molecule has 0 saturated carbocycles. The molecular formula is C18H24N2O. The van der Waals surface area contributed by atoms with Gasteiger partial charge in [-0.2, -0.15) is 0 Å². The minimum Gasteiger partial charge on any atom is -0.496 e. The number of hydrazine groups is 1. The summed E-state index contributed by atoms with van der Waals surface area (Å²) in [6.45, 7) is 4.20. The molecule has 0 radical (unpaired) electrons. The second-order valence-corrected chi connectivity index (χ2v) is 5.58. The average Bonchev–Trinajstić information content (AvgIpc) is 2.47. The number of nitrogens with two attached hydrogens (primary N) is 1. The van der Waals surface area contributed by atoms with Crippen LogP contribution in [0.4, 0.5) is 0 Å². The first-order chi connectivity index (χ1) is 10.1. The molecule has 0 aliphatic heterocycles. The number of nitrogens with one attached hydrogen (secondary N) is 1. The number of ether oxygens (including phenoxy) is 1. The molecule has 0 aliphatic carbocycles. The van der Waals surface area contributed by atoms with Crippen LogP contribution in [0.2, 0.25) is 0 Å². The van der Waals surface area contributed by atoms with Crippen molar-refractivity contribution >= 4 is 0 Å². The van der Waals surface area contributed by atoms with E-state index in [4.69, 9.17) is 10.6 Å². The summed E-state index contributed by atoms with van der Waals surface area (Å²) >= 11 is 0. The maximum absolute atomic E-state index is 5.75. The molecule has 0 amide bonds. The molecule has 2 aromatic rings. The highest BCUT2D eigenvalue weighted by Gasteiger charge is 2.12. The Morgan fingerprint density at radius 3 is 2.48 bits per heavy atom. The van der Waals surface area contributed by atoms with Gasteiger partial charge in [0.05, 0.1) is 7.11 Å². The summed E-state index contributed by atoms with van der Waals surface area (Å²) in [5.41, 5.74) is 7.93. The summed E-state index contributed by atoms with van der Waals surface area (Å²) in [4.78, 5) is 0. The van der Waals surface area contributed by atoms with Gasteiger partial charge >= 0.3 is 0 Å². The van der Waals surface area contributed by atoms with Crippen LogP contribution in [0, 0.1) is 13.8 Å². The van der Waals surface area contributed by atoms with E-state index in [1.54, 1.807) is 7.11 Å². The summed E-state index contributed by atoms with van der Waals surface area (Å²) in [7, 11) is 1.71. The third-order valence-corrected chi connectivity index (χ3v) is 3.70. The van der Waals surface area contributed by atoms with Gasteiger partial charge in [-0.25, -0.2) is 0 Å². The molecule has 112 valence electrons. The molecular weight excluding hydrogens is 260 g/mol. The third kappa shape index (κ3) is 4.31. The van der Waals surface area contributed by atoms with Crippen LogP contribution in [0.25, 0.3) is 0 Å². The molecule has 3 N–H and O–H groups in total. The van der Waals surface area contributed by atoms with E-state index in [1.165, 1.54) is 22.3 Å². The first-order valence-electron chi connectivity index (χ1n) is 7.27. The van der Waals surface area contributed by atoms with Crippen molar-refractivity contribution in [1.82, 2.24) is 5.43 Å². The molecule has 1 unspecified atom stereocenters. The summed E-state index contributed by atoms with van der Waals surface area (Å²) in [6, 6.07) is 15.0. The highest BCUT2D eigenvalue weighted by atomic mass is 16.5. The van der Waals surface area contributed by atoms with Crippen LogP contribution in [0.5, 0.6) is 5.75 Å². The van der Waals surface area contributed by atoms with Crippen molar-refractivity contribution in [2.75, 3.05) is 7.11 Å². The van der Waals surface area contributed by atoms with E-state index in [0.29, 0.717) is 0 Å². The second-order valence-electron chi connectivity index (χ2n) is 5.58. The van der Waals surface area contributed by atoms with Crippen LogP contribution in [0.1, 0.15) is 22.3 Å². The van der Waals surface area contributed by atoms with Gasteiger partial charge in [-0.05, 0) is 43.9 Å². The Morgan fingerprint density at radius 2 is 1.81 bits per heavy atom. The zero-order valence-electron chi connectivity index (χ0n) is 13.0. The van der Waals surface area contributed by atoms with Gasteiger partial charge in [0.2, 0.25) is 0 Å². The zero-order valence-corrected chi connectivity index (χ0v) is 13.0. The van der Waals surface area contributed by atoms with E-state index in [0.717, 1.165) is 18.6 Å². The van der Waals surface area contributed by atoms with Gasteiger partial charge in [-0.15, -0.1) is 0 Å². The predicted octanol–water partition coefficient (Wildman–Crippen LogP) is 2.93. The van der Waals surface area contributed by atoms with Gasteiger partial charge < -0.3 is 4.74 Å². The lowest BCUT2D eigenvalue weighted by molar-refractivity contribution is 0.404. The zero-order chi connectivity index (χ0) is 15.2. The Hall–Kier alpha value is -1.84. The standard InChI is InChI=1S/C18H24N2O/c1-13-5-4-6-15(9-13)11-17(20-19)12-16-10-14(2)7-8-18(16)21-3/h4-10,17,20H,11-12,19H2,1-3H3. The quantitative estimate of drug-likeness (QED) is 0.633. The van der Waals surface area contributed by atoms with E-state index in [2.05, 4.69) is 55.7 Å². The van der Waals surface area contributed by atoms with Crippen molar-refractivity contribution in [1.29, 1.82) is 0 Å². The SMILES string of the molecule is COc1ccc(C)cc1CC(Cc1cccc(C)c1)NN. The van der Waals surface area contributed by atoms with E-state index < -0.39 is 0 Å². The number of hydrogen-bond acceptors (Lipinski definition) is 3. The largest absolute Gasteiger partial charge is 0.496 e. The lowest BCUT2D eigenvalue weighted by Crippen LogP contribution is -2.38. The van der Waals surface area contributed by atoms with E-state index >= 15 is 0 Å². The first-order valence-corrected chi connectivity index (χ1v) is 7.27. The van der Waals surface area contributed by atoms with Crippen LogP contribution in [0.15, 0.2) is 42.5 Å². The third-order valence-electron chi connectivity index (χ3n) is 3.70. The molecule has 2 aromatic carbocycles. The highest BCUT2D eigenvalue weighted by molar-refractivity contribution is 5.37. The van der Waals surface area contributed by atoms with E-state index in [-0.39, 0.29) is 6.04 Å². The number of methoxy groups -OCH3 is 1. The van der Waals surface area contributed by atoms with Gasteiger partial charge in [0.15, 0.2) is 0 Å². The Bertz CT molecular complexity index is 596. The molecule has 3 heteroatoms. The molecule has 0 aromatic heterocycles. The van der Waals surface area contributed by atoms with Crippen molar-refractivity contribution in [2.24, 2.45) is 5.84 Å². The van der Waals surface area contributed by atoms with Crippen molar-refractivity contribution < 1.29 is 4.74 Å². The molecule has 0 heterocycles. The highest BCUT2D eigenvalue weighted by Crippen LogP contribution is 2.22. The Kier molecular flexibility index (Phi) is 5.37. The minimum atomic E-state index is 0.183. The monoisotopic (exact) mass is 284 g/mol. The molecule has 0 saturated heterocycles. The molecule has 0 aliphatic rings. The predicted molar refractivity (Wildman–Crippen MR) is 87.4 cm³/mol. The fourth-order valence-electron chi connectivity index (χ4n) is 2.65. The van der Waals surface area contributed by atoms with Gasteiger partial charge in [-0.1, -0.05) is 47.5 Å². The van der Waals surface area contributed by atoms with Crippen molar-refractivity contribution in [3.63, 3.8) is 0 Å². The molecule has 0 bridgehead atoms. The molecule has 2 rings (SSSR count). The number of rotatable bonds is 6. The molecule has 0 fully saturated rings. The smallest absolute Gasteiger partial charge is 0.122 e. The minimum absolute atomic E-state index is 0.183. The Labute approximate surface area is 127 Å². The summed E-state index contributed by atoms with van der Waals surface area (Å²) < 4.78 is 5.45. The first kappa shape index (κ1) is 15.5. The molecule has 1 atom stereocenters. The van der Waals surface area contributed by atoms with Gasteiger partial charge in [0.1, 0.15) is 5.75 Å². The fourth-order valence-corrected chi connectivity index (χ4v) is 2.65. The van der Waals surface area contributed by atoms with Crippen molar-refractivity contribution in [2.45, 2.75) is 32.7 Å². The maximum Gasteiger partial charge on any atom is 0.122 e. The number of aryl methyl sites for hydroxylation is 2. The van der Waals surface area contributed by atoms with E-state index in [9.17, 15) is 0 Å². The lowest BCUT2D eigenvalue weighted by Gasteiger charge is -2.18. The summed E-state index contributed by atoms with van der Waals surface area (Å²) in [5.74, 6) is 6.67. The van der Waals surface area contributed by atoms with Crippen molar-refractivity contribution in [3.05, 3.63) is 64.7 Å². The number of benzene rings is 2. The lowest BCUT2D eigenvalue weighted by atomic mass is 9.97. The molecule has 0 spiro atoms. The van der Waals surface area contributed by atoms with Crippen LogP contribution in [-0.2, 0) is 12.8 Å². The molecule has 21 heavy (non-hydrogen) atoms. The van der Waals surface area contributed by atoms with Crippen LogP contribution in [-0.4, -0.2) is 13.2 Å². The van der Waals surface area contributed by atoms with Gasteiger partial charge in [0, 0.05) is 6.04 Å². The summed E-state index contributed by atoms with van der Waals surface area (Å²) in [5, 5.41) is 0. The molecule has 3 nitrogen and oxygen atoms in total. The van der Waals surface area contributed by atoms with Crippen molar-refractivity contribution in [3.8, 4) is 5.75 Å². The normalized spacial score (nSPS) is 12.2. The van der Waals surface area contributed by atoms with E-state index in [1.807, 2.05) is 6.07 Å². The average molecular weight is 284 g/mol. The van der Waals surface area contributed by atoms with Crippen LogP contribution >= 0.6 is 0 Å². The Balaban J connectivity index is 2.14. The Morgan fingerprint density at radius 1 is 1.05 bits per heavy atom. The van der Waals surface area contributed by atoms with Crippen LogP contribution < -0.4 is 16.0 Å².